The van der Waals surface area contributed by atoms with Crippen LogP contribution < -0.4 is 4.74 Å². The van der Waals surface area contributed by atoms with Crippen LogP contribution in [0.1, 0.15) is 13.3 Å². The Morgan fingerprint density at radius 1 is 0.966 bits per heavy atom. The number of ether oxygens (including phenoxy) is 1. The number of hydrogen-bond donors (Lipinski definition) is 0. The fourth-order valence-corrected chi connectivity index (χ4v) is 3.96. The van der Waals surface area contributed by atoms with Crippen LogP contribution in [0.2, 0.25) is 0 Å². The molecule has 5 nitrogen and oxygen atoms in total. The summed E-state index contributed by atoms with van der Waals surface area (Å²) in [7, 11) is 0. The summed E-state index contributed by atoms with van der Waals surface area (Å²) in [5.41, 5.74) is 5.24. The van der Waals surface area contributed by atoms with Crippen LogP contribution in [0.15, 0.2) is 72.9 Å². The zero-order valence-corrected chi connectivity index (χ0v) is 16.5. The van der Waals surface area contributed by atoms with Crippen molar-refractivity contribution >= 4 is 5.65 Å². The highest BCUT2D eigenvalue weighted by Gasteiger charge is 2.23. The molecule has 1 aliphatic rings. The molecule has 0 amide bonds. The van der Waals surface area contributed by atoms with E-state index in [2.05, 4.69) is 65.3 Å². The Kier molecular flexibility index (Phi) is 4.74. The Hall–Kier alpha value is -3.18. The molecule has 5 rings (SSSR count). The highest BCUT2D eigenvalue weighted by Crippen LogP contribution is 2.27. The monoisotopic (exact) mass is 384 g/mol. The van der Waals surface area contributed by atoms with Crippen LogP contribution in [-0.4, -0.2) is 45.2 Å². The Balaban J connectivity index is 1.46. The second-order valence-electron chi connectivity index (χ2n) is 7.45. The summed E-state index contributed by atoms with van der Waals surface area (Å²) in [6, 6.07) is 22.8. The number of nitrogens with zero attached hydrogens (tertiary/aromatic N) is 4. The number of rotatable bonds is 5. The topological polar surface area (TPSA) is 42.7 Å². The van der Waals surface area contributed by atoms with E-state index in [4.69, 9.17) is 9.84 Å². The van der Waals surface area contributed by atoms with Crippen molar-refractivity contribution in [2.45, 2.75) is 19.4 Å². The van der Waals surface area contributed by atoms with Gasteiger partial charge in [0.1, 0.15) is 6.10 Å². The lowest BCUT2D eigenvalue weighted by Gasteiger charge is -2.14. The Morgan fingerprint density at radius 2 is 1.79 bits per heavy atom. The second-order valence-corrected chi connectivity index (χ2v) is 7.45. The molecule has 0 bridgehead atoms. The zero-order chi connectivity index (χ0) is 19.6. The third-order valence-corrected chi connectivity index (χ3v) is 5.57. The largest absolute Gasteiger partial charge is 0.472 e. The van der Waals surface area contributed by atoms with Gasteiger partial charge in [0.25, 0.3) is 0 Å². The van der Waals surface area contributed by atoms with Crippen LogP contribution in [-0.2, 0) is 0 Å². The zero-order valence-electron chi connectivity index (χ0n) is 16.5. The molecule has 5 heteroatoms. The molecule has 0 saturated carbocycles. The van der Waals surface area contributed by atoms with Crippen LogP contribution in [0.3, 0.4) is 0 Å². The van der Waals surface area contributed by atoms with E-state index in [1.807, 2.05) is 28.9 Å². The van der Waals surface area contributed by atoms with Crippen molar-refractivity contribution < 1.29 is 4.74 Å². The van der Waals surface area contributed by atoms with Gasteiger partial charge in [-0.05, 0) is 36.2 Å². The smallest absolute Gasteiger partial charge is 0.232 e. The number of likely N-dealkylation sites (N-methyl/N-ethyl adjacent to an activating group) is 1. The summed E-state index contributed by atoms with van der Waals surface area (Å²) in [6.07, 6.45) is 3.13. The first-order valence-corrected chi connectivity index (χ1v) is 10.2. The lowest BCUT2D eigenvalue weighted by atomic mass is 10.0. The van der Waals surface area contributed by atoms with Gasteiger partial charge in [0, 0.05) is 24.7 Å². The van der Waals surface area contributed by atoms with Crippen molar-refractivity contribution in [3.05, 3.63) is 72.9 Å². The van der Waals surface area contributed by atoms with Crippen molar-refractivity contribution in [2.24, 2.45) is 0 Å². The average molecular weight is 384 g/mol. The number of aromatic nitrogens is 3. The van der Waals surface area contributed by atoms with Gasteiger partial charge in [-0.2, -0.15) is 0 Å². The van der Waals surface area contributed by atoms with Crippen LogP contribution in [0.25, 0.3) is 28.0 Å². The lowest BCUT2D eigenvalue weighted by molar-refractivity contribution is 0.192. The van der Waals surface area contributed by atoms with E-state index >= 15 is 0 Å². The van der Waals surface area contributed by atoms with Gasteiger partial charge in [-0.3, -0.25) is 4.90 Å². The summed E-state index contributed by atoms with van der Waals surface area (Å²) in [5.74, 6) is 0.652. The standard InChI is InChI=1S/C24H24N4O/c1-2-27-14-13-21(17-27)29-24-12-11-23-25-16-22(28(23)26-24)20-10-6-9-19(15-20)18-7-4-3-5-8-18/h3-12,15-16,21H,2,13-14,17H2,1H3. The van der Waals surface area contributed by atoms with Crippen molar-refractivity contribution in [1.82, 2.24) is 19.5 Å². The third kappa shape index (κ3) is 3.61. The SMILES string of the molecule is CCN1CCC(Oc2ccc3ncc(-c4cccc(-c5ccccc5)c4)n3n2)C1. The quantitative estimate of drug-likeness (QED) is 0.507. The van der Waals surface area contributed by atoms with Crippen LogP contribution in [0.5, 0.6) is 5.88 Å². The molecule has 2 aromatic heterocycles. The molecule has 1 fully saturated rings. The maximum absolute atomic E-state index is 6.17. The van der Waals surface area contributed by atoms with Crippen LogP contribution in [0.4, 0.5) is 0 Å². The predicted octanol–water partition coefficient (Wildman–Crippen LogP) is 4.54. The first kappa shape index (κ1) is 17.9. The van der Waals surface area contributed by atoms with Gasteiger partial charge in [-0.15, -0.1) is 5.10 Å². The number of likely N-dealkylation sites (tertiary alicyclic amines) is 1. The average Bonchev–Trinajstić information content (AvgIpc) is 3.41. The maximum atomic E-state index is 6.17. The summed E-state index contributed by atoms with van der Waals surface area (Å²) in [6.45, 7) is 5.31. The minimum Gasteiger partial charge on any atom is -0.472 e. The van der Waals surface area contributed by atoms with Gasteiger partial charge in [0.2, 0.25) is 5.88 Å². The molecular weight excluding hydrogens is 360 g/mol. The summed E-state index contributed by atoms with van der Waals surface area (Å²) in [4.78, 5) is 6.94. The molecule has 1 unspecified atom stereocenters. The number of hydrogen-bond acceptors (Lipinski definition) is 4. The Labute approximate surface area is 170 Å². The fourth-order valence-electron chi connectivity index (χ4n) is 3.96. The van der Waals surface area contributed by atoms with E-state index in [1.165, 1.54) is 11.1 Å². The van der Waals surface area contributed by atoms with Gasteiger partial charge in [-0.25, -0.2) is 9.50 Å². The normalized spacial score (nSPS) is 17.1. The number of fused-ring (bicyclic) bond motifs is 1. The fraction of sp³-hybridized carbons (Fsp3) is 0.250. The molecule has 4 aromatic rings. The minimum absolute atomic E-state index is 0.202. The molecule has 0 radical (unpaired) electrons. The molecule has 1 atom stereocenters. The predicted molar refractivity (Wildman–Crippen MR) is 115 cm³/mol. The number of imidazole rings is 1. The summed E-state index contributed by atoms with van der Waals surface area (Å²) < 4.78 is 8.05. The van der Waals surface area contributed by atoms with Gasteiger partial charge in [0.05, 0.1) is 11.9 Å². The van der Waals surface area contributed by atoms with E-state index in [0.717, 1.165) is 43.0 Å². The minimum atomic E-state index is 0.202. The van der Waals surface area contributed by atoms with Crippen molar-refractivity contribution in [3.8, 4) is 28.3 Å². The van der Waals surface area contributed by atoms with E-state index in [1.54, 1.807) is 0 Å². The van der Waals surface area contributed by atoms with Gasteiger partial charge in [0.15, 0.2) is 5.65 Å². The molecule has 29 heavy (non-hydrogen) atoms. The molecular formula is C24H24N4O. The van der Waals surface area contributed by atoms with Crippen LogP contribution in [0, 0.1) is 0 Å². The first-order chi connectivity index (χ1) is 14.3. The van der Waals surface area contributed by atoms with Gasteiger partial charge >= 0.3 is 0 Å². The summed E-state index contributed by atoms with van der Waals surface area (Å²) in [5, 5.41) is 4.74. The second kappa shape index (κ2) is 7.68. The Bertz CT molecular complexity index is 1120. The number of benzene rings is 2. The van der Waals surface area contributed by atoms with Crippen molar-refractivity contribution in [2.75, 3.05) is 19.6 Å². The Morgan fingerprint density at radius 3 is 2.62 bits per heavy atom. The van der Waals surface area contributed by atoms with E-state index < -0.39 is 0 Å². The van der Waals surface area contributed by atoms with Crippen LogP contribution >= 0.6 is 0 Å². The molecule has 0 N–H and O–H groups in total. The third-order valence-electron chi connectivity index (χ3n) is 5.57. The van der Waals surface area contributed by atoms with Gasteiger partial charge in [-0.1, -0.05) is 55.5 Å². The first-order valence-electron chi connectivity index (χ1n) is 10.2. The molecule has 146 valence electrons. The van der Waals surface area contributed by atoms with Crippen molar-refractivity contribution in [1.29, 1.82) is 0 Å². The molecule has 1 aliphatic heterocycles. The molecule has 3 heterocycles. The van der Waals surface area contributed by atoms with E-state index in [9.17, 15) is 0 Å². The van der Waals surface area contributed by atoms with Gasteiger partial charge < -0.3 is 4.74 Å². The van der Waals surface area contributed by atoms with E-state index in [-0.39, 0.29) is 6.10 Å². The highest BCUT2D eigenvalue weighted by atomic mass is 16.5. The molecule has 2 aromatic carbocycles. The van der Waals surface area contributed by atoms with E-state index in [0.29, 0.717) is 5.88 Å². The van der Waals surface area contributed by atoms with Crippen molar-refractivity contribution in [3.63, 3.8) is 0 Å². The highest BCUT2D eigenvalue weighted by molar-refractivity contribution is 5.72. The molecule has 0 aliphatic carbocycles. The molecule has 1 saturated heterocycles. The summed E-state index contributed by atoms with van der Waals surface area (Å²) >= 11 is 0. The maximum Gasteiger partial charge on any atom is 0.232 e. The lowest BCUT2D eigenvalue weighted by Crippen LogP contribution is -2.24. The molecule has 0 spiro atoms.